The zero-order valence-corrected chi connectivity index (χ0v) is 14.1. The van der Waals surface area contributed by atoms with Gasteiger partial charge in [0.15, 0.2) is 5.65 Å². The van der Waals surface area contributed by atoms with E-state index in [4.69, 9.17) is 27.9 Å². The van der Waals surface area contributed by atoms with Crippen molar-refractivity contribution in [3.8, 4) is 5.69 Å². The maximum Gasteiger partial charge on any atom is 0.168 e. The Bertz CT molecular complexity index is 836. The van der Waals surface area contributed by atoms with Crippen molar-refractivity contribution in [2.75, 3.05) is 19.0 Å². The Morgan fingerprint density at radius 3 is 2.83 bits per heavy atom. The number of nitrogens with zero attached hydrogens (tertiary/aromatic N) is 4. The number of aromatic nitrogens is 4. The molecule has 0 aliphatic heterocycles. The summed E-state index contributed by atoms with van der Waals surface area (Å²) in [5.74, 6) is 0.714. The van der Waals surface area contributed by atoms with Crippen LogP contribution in [0.25, 0.3) is 16.7 Å². The Balaban J connectivity index is 2.02. The van der Waals surface area contributed by atoms with Crippen molar-refractivity contribution in [3.05, 3.63) is 40.8 Å². The molecule has 2 aromatic heterocycles. The van der Waals surface area contributed by atoms with Gasteiger partial charge in [-0.3, -0.25) is 0 Å². The van der Waals surface area contributed by atoms with Gasteiger partial charge in [-0.25, -0.2) is 14.6 Å². The highest BCUT2D eigenvalue weighted by atomic mass is 35.5. The van der Waals surface area contributed by atoms with E-state index in [9.17, 15) is 0 Å². The summed E-state index contributed by atoms with van der Waals surface area (Å²) in [7, 11) is 1.66. The molecule has 23 heavy (non-hydrogen) atoms. The van der Waals surface area contributed by atoms with Crippen molar-refractivity contribution in [2.24, 2.45) is 0 Å². The van der Waals surface area contributed by atoms with E-state index in [0.717, 1.165) is 11.1 Å². The molecule has 2 heterocycles. The fourth-order valence-electron chi connectivity index (χ4n) is 2.29. The highest BCUT2D eigenvalue weighted by molar-refractivity contribution is 6.42. The third-order valence-electron chi connectivity index (χ3n) is 3.31. The van der Waals surface area contributed by atoms with Crippen molar-refractivity contribution in [2.45, 2.75) is 13.0 Å². The van der Waals surface area contributed by atoms with Crippen LogP contribution in [0.1, 0.15) is 6.92 Å². The minimum Gasteiger partial charge on any atom is -0.383 e. The zero-order valence-electron chi connectivity index (χ0n) is 12.6. The third-order valence-corrected chi connectivity index (χ3v) is 4.05. The lowest BCUT2D eigenvalue weighted by Gasteiger charge is -2.13. The summed E-state index contributed by atoms with van der Waals surface area (Å²) in [5.41, 5.74) is 1.47. The summed E-state index contributed by atoms with van der Waals surface area (Å²) < 4.78 is 6.83. The molecule has 0 radical (unpaired) electrons. The number of ether oxygens (including phenoxy) is 1. The first kappa shape index (κ1) is 16.0. The Morgan fingerprint density at radius 1 is 1.26 bits per heavy atom. The molecule has 120 valence electrons. The molecule has 0 bridgehead atoms. The molecule has 3 rings (SSSR count). The molecule has 0 aliphatic carbocycles. The van der Waals surface area contributed by atoms with E-state index < -0.39 is 0 Å². The van der Waals surface area contributed by atoms with Gasteiger partial charge in [-0.2, -0.15) is 5.10 Å². The van der Waals surface area contributed by atoms with E-state index in [2.05, 4.69) is 20.4 Å². The van der Waals surface area contributed by atoms with E-state index in [1.54, 1.807) is 30.1 Å². The topological polar surface area (TPSA) is 64.9 Å². The number of rotatable bonds is 5. The van der Waals surface area contributed by atoms with Crippen molar-refractivity contribution >= 4 is 40.1 Å². The molecule has 0 saturated carbocycles. The number of hydrogen-bond acceptors (Lipinski definition) is 5. The van der Waals surface area contributed by atoms with Crippen LogP contribution in [0.4, 0.5) is 5.82 Å². The number of methoxy groups -OCH3 is 1. The Labute approximate surface area is 143 Å². The summed E-state index contributed by atoms with van der Waals surface area (Å²) in [6.07, 6.45) is 3.22. The molecular weight excluding hydrogens is 337 g/mol. The molecule has 1 N–H and O–H groups in total. The van der Waals surface area contributed by atoms with Crippen molar-refractivity contribution in [1.82, 2.24) is 19.7 Å². The van der Waals surface area contributed by atoms with Gasteiger partial charge < -0.3 is 10.1 Å². The summed E-state index contributed by atoms with van der Waals surface area (Å²) in [6, 6.07) is 5.43. The van der Waals surface area contributed by atoms with Crippen LogP contribution in [0.5, 0.6) is 0 Å². The van der Waals surface area contributed by atoms with Crippen LogP contribution in [0.15, 0.2) is 30.7 Å². The number of benzene rings is 1. The average Bonchev–Trinajstić information content (AvgIpc) is 2.95. The number of hydrogen-bond donors (Lipinski definition) is 1. The second-order valence-corrected chi connectivity index (χ2v) is 5.93. The number of anilines is 1. The monoisotopic (exact) mass is 351 g/mol. The second kappa shape index (κ2) is 6.70. The molecule has 0 fully saturated rings. The van der Waals surface area contributed by atoms with Crippen LogP contribution in [0.2, 0.25) is 10.0 Å². The predicted molar refractivity (Wildman–Crippen MR) is 91.6 cm³/mol. The molecule has 8 heteroatoms. The van der Waals surface area contributed by atoms with Crippen molar-refractivity contribution < 1.29 is 4.74 Å². The molecule has 0 amide bonds. The van der Waals surface area contributed by atoms with Gasteiger partial charge in [0, 0.05) is 13.2 Å². The van der Waals surface area contributed by atoms with Gasteiger partial charge >= 0.3 is 0 Å². The number of fused-ring (bicyclic) bond motifs is 1. The lowest BCUT2D eigenvalue weighted by atomic mass is 10.3. The van der Waals surface area contributed by atoms with Crippen LogP contribution in [0.3, 0.4) is 0 Å². The minimum absolute atomic E-state index is 0.117. The zero-order chi connectivity index (χ0) is 16.4. The summed E-state index contributed by atoms with van der Waals surface area (Å²) >= 11 is 12.0. The Hall–Kier alpha value is -1.89. The maximum absolute atomic E-state index is 6.08. The second-order valence-electron chi connectivity index (χ2n) is 5.12. The molecule has 6 nitrogen and oxygen atoms in total. The Morgan fingerprint density at radius 2 is 2.09 bits per heavy atom. The molecule has 0 aliphatic rings. The lowest BCUT2D eigenvalue weighted by molar-refractivity contribution is 0.190. The first-order chi connectivity index (χ1) is 11.1. The number of nitrogens with one attached hydrogen (secondary N) is 1. The molecule has 0 unspecified atom stereocenters. The molecular formula is C15H15Cl2N5O. The van der Waals surface area contributed by atoms with Gasteiger partial charge in [0.1, 0.15) is 12.1 Å². The maximum atomic E-state index is 6.08. The molecule has 1 aromatic carbocycles. The highest BCUT2D eigenvalue weighted by Crippen LogP contribution is 2.27. The molecule has 1 atom stereocenters. The standard InChI is InChI=1S/C15H15Cl2N5O/c1-9(7-23-2)21-14-11-6-20-22(15(11)19-8-18-14)10-3-4-12(16)13(17)5-10/h3-6,8-9H,7H2,1-2H3,(H,18,19,21)/t9-/m1/s1. The van der Waals surface area contributed by atoms with E-state index in [1.165, 1.54) is 6.33 Å². The average molecular weight is 352 g/mol. The summed E-state index contributed by atoms with van der Waals surface area (Å²) in [5, 5.41) is 9.47. The molecule has 0 saturated heterocycles. The van der Waals surface area contributed by atoms with Crippen LogP contribution < -0.4 is 5.32 Å². The van der Waals surface area contributed by atoms with Crippen LogP contribution in [-0.4, -0.2) is 39.5 Å². The Kier molecular flexibility index (Phi) is 4.66. The smallest absolute Gasteiger partial charge is 0.168 e. The molecule has 0 spiro atoms. The normalized spacial score (nSPS) is 12.5. The fourth-order valence-corrected chi connectivity index (χ4v) is 2.58. The quantitative estimate of drug-likeness (QED) is 0.761. The predicted octanol–water partition coefficient (Wildman–Crippen LogP) is 3.57. The van der Waals surface area contributed by atoms with Gasteiger partial charge in [-0.15, -0.1) is 0 Å². The molecule has 3 aromatic rings. The van der Waals surface area contributed by atoms with Gasteiger partial charge in [0.25, 0.3) is 0 Å². The summed E-state index contributed by atoms with van der Waals surface area (Å²) in [6.45, 7) is 2.59. The van der Waals surface area contributed by atoms with Gasteiger partial charge in [0.2, 0.25) is 0 Å². The van der Waals surface area contributed by atoms with E-state index in [1.807, 2.05) is 13.0 Å². The van der Waals surface area contributed by atoms with E-state index in [0.29, 0.717) is 28.1 Å². The van der Waals surface area contributed by atoms with Crippen molar-refractivity contribution in [1.29, 1.82) is 0 Å². The first-order valence-electron chi connectivity index (χ1n) is 6.99. The van der Waals surface area contributed by atoms with Gasteiger partial charge in [-0.1, -0.05) is 23.2 Å². The van der Waals surface area contributed by atoms with Crippen LogP contribution in [0, 0.1) is 0 Å². The van der Waals surface area contributed by atoms with Crippen LogP contribution >= 0.6 is 23.2 Å². The third kappa shape index (κ3) is 3.24. The lowest BCUT2D eigenvalue weighted by Crippen LogP contribution is -2.21. The van der Waals surface area contributed by atoms with Gasteiger partial charge in [0.05, 0.1) is 33.9 Å². The van der Waals surface area contributed by atoms with Crippen molar-refractivity contribution in [3.63, 3.8) is 0 Å². The van der Waals surface area contributed by atoms with E-state index in [-0.39, 0.29) is 6.04 Å². The minimum atomic E-state index is 0.117. The van der Waals surface area contributed by atoms with Gasteiger partial charge in [-0.05, 0) is 25.1 Å². The largest absolute Gasteiger partial charge is 0.383 e. The summed E-state index contributed by atoms with van der Waals surface area (Å²) in [4.78, 5) is 8.62. The number of halogens is 2. The SMILES string of the molecule is COC[C@@H](C)Nc1ncnc2c1cnn2-c1ccc(Cl)c(Cl)c1. The first-order valence-corrected chi connectivity index (χ1v) is 7.75. The highest BCUT2D eigenvalue weighted by Gasteiger charge is 2.13. The fraction of sp³-hybridized carbons (Fsp3) is 0.267. The van der Waals surface area contributed by atoms with Crippen LogP contribution in [-0.2, 0) is 4.74 Å². The van der Waals surface area contributed by atoms with E-state index >= 15 is 0 Å².